The van der Waals surface area contributed by atoms with Crippen molar-refractivity contribution >= 4 is 5.69 Å². The molecule has 0 amide bonds. The smallest absolute Gasteiger partial charge is 0.253 e. The third-order valence-corrected chi connectivity index (χ3v) is 2.50. The second-order valence-electron chi connectivity index (χ2n) is 3.62. The zero-order chi connectivity index (χ0) is 10.3. The molecule has 0 saturated carbocycles. The minimum atomic E-state index is -2.77. The second-order valence-corrected chi connectivity index (χ2v) is 3.62. The van der Waals surface area contributed by atoms with E-state index in [1.807, 2.05) is 0 Å². The van der Waals surface area contributed by atoms with Crippen LogP contribution in [0.5, 0.6) is 0 Å². The summed E-state index contributed by atoms with van der Waals surface area (Å²) in [5, 5.41) is 2.78. The van der Waals surface area contributed by atoms with Crippen LogP contribution in [0.15, 0.2) is 18.2 Å². The summed E-state index contributed by atoms with van der Waals surface area (Å²) in [4.78, 5) is 0. The van der Waals surface area contributed by atoms with Crippen molar-refractivity contribution < 1.29 is 13.2 Å². The van der Waals surface area contributed by atoms with Gasteiger partial charge in [-0.05, 0) is 17.7 Å². The number of nitrogens with one attached hydrogen (secondary N) is 1. The van der Waals surface area contributed by atoms with E-state index < -0.39 is 17.7 Å². The monoisotopic (exact) mass is 201 g/mol. The Balaban J connectivity index is 2.41. The molecule has 1 N–H and O–H groups in total. The standard InChI is InChI=1S/C10H10F3N/c1-10(12,13)8-5-14-9-4-6(11)2-3-7(8)9/h2-4,8,14H,5H2,1H3. The zero-order valence-corrected chi connectivity index (χ0v) is 7.65. The molecular weight excluding hydrogens is 191 g/mol. The molecule has 0 aliphatic carbocycles. The minimum Gasteiger partial charge on any atom is -0.384 e. The van der Waals surface area contributed by atoms with Crippen molar-refractivity contribution in [3.8, 4) is 0 Å². The third kappa shape index (κ3) is 1.45. The fraction of sp³-hybridized carbons (Fsp3) is 0.400. The van der Waals surface area contributed by atoms with Crippen LogP contribution in [0.2, 0.25) is 0 Å². The van der Waals surface area contributed by atoms with Gasteiger partial charge >= 0.3 is 0 Å². The maximum absolute atomic E-state index is 13.1. The molecule has 1 aromatic rings. The van der Waals surface area contributed by atoms with E-state index in [1.54, 1.807) is 0 Å². The molecule has 4 heteroatoms. The highest BCUT2D eigenvalue weighted by atomic mass is 19.3. The van der Waals surface area contributed by atoms with E-state index in [-0.39, 0.29) is 6.54 Å². The van der Waals surface area contributed by atoms with Gasteiger partial charge in [0.2, 0.25) is 0 Å². The van der Waals surface area contributed by atoms with E-state index >= 15 is 0 Å². The average molecular weight is 201 g/mol. The van der Waals surface area contributed by atoms with Gasteiger partial charge in [0.05, 0.1) is 5.92 Å². The molecule has 1 aromatic carbocycles. The van der Waals surface area contributed by atoms with Crippen LogP contribution in [0.4, 0.5) is 18.9 Å². The van der Waals surface area contributed by atoms with Crippen LogP contribution in [0.25, 0.3) is 0 Å². The average Bonchev–Trinajstić information content (AvgIpc) is 2.45. The van der Waals surface area contributed by atoms with Crippen LogP contribution in [0.1, 0.15) is 18.4 Å². The van der Waals surface area contributed by atoms with Gasteiger partial charge < -0.3 is 5.32 Å². The largest absolute Gasteiger partial charge is 0.384 e. The van der Waals surface area contributed by atoms with Crippen molar-refractivity contribution in [2.24, 2.45) is 0 Å². The minimum absolute atomic E-state index is 0.169. The predicted octanol–water partition coefficient (Wildman–Crippen LogP) is 2.99. The first-order valence-electron chi connectivity index (χ1n) is 4.39. The number of fused-ring (bicyclic) bond motifs is 1. The molecular formula is C10H10F3N. The quantitative estimate of drug-likeness (QED) is 0.736. The second kappa shape index (κ2) is 2.90. The maximum Gasteiger partial charge on any atom is 0.253 e. The van der Waals surface area contributed by atoms with Gasteiger partial charge in [0.25, 0.3) is 5.92 Å². The SMILES string of the molecule is CC(F)(F)C1CNc2cc(F)ccc21. The third-order valence-electron chi connectivity index (χ3n) is 2.50. The van der Waals surface area contributed by atoms with Crippen LogP contribution >= 0.6 is 0 Å². The first-order valence-corrected chi connectivity index (χ1v) is 4.39. The summed E-state index contributed by atoms with van der Waals surface area (Å²) in [5.74, 6) is -4.02. The molecule has 76 valence electrons. The van der Waals surface area contributed by atoms with E-state index in [9.17, 15) is 13.2 Å². The lowest BCUT2D eigenvalue weighted by Crippen LogP contribution is -2.23. The summed E-state index contributed by atoms with van der Waals surface area (Å²) in [5.41, 5.74) is 0.982. The molecule has 0 spiro atoms. The lowest BCUT2D eigenvalue weighted by Gasteiger charge is -2.18. The van der Waals surface area contributed by atoms with Gasteiger partial charge in [-0.25, -0.2) is 13.2 Å². The first-order chi connectivity index (χ1) is 6.48. The van der Waals surface area contributed by atoms with Crippen LogP contribution in [0, 0.1) is 5.82 Å². The number of anilines is 1. The molecule has 1 atom stereocenters. The fourth-order valence-corrected chi connectivity index (χ4v) is 1.76. The van der Waals surface area contributed by atoms with Crippen molar-refractivity contribution in [2.75, 3.05) is 11.9 Å². The molecule has 0 fully saturated rings. The van der Waals surface area contributed by atoms with E-state index in [2.05, 4.69) is 5.32 Å². The number of benzene rings is 1. The number of alkyl halides is 2. The van der Waals surface area contributed by atoms with Gasteiger partial charge in [-0.1, -0.05) is 6.07 Å². The van der Waals surface area contributed by atoms with Gasteiger partial charge in [-0.3, -0.25) is 0 Å². The number of rotatable bonds is 1. The highest BCUT2D eigenvalue weighted by Crippen LogP contribution is 2.41. The number of hydrogen-bond acceptors (Lipinski definition) is 1. The molecule has 0 saturated heterocycles. The Morgan fingerprint density at radius 3 is 2.79 bits per heavy atom. The molecule has 1 unspecified atom stereocenters. The Morgan fingerprint density at radius 2 is 2.14 bits per heavy atom. The summed E-state index contributed by atoms with van der Waals surface area (Å²) in [6.07, 6.45) is 0. The van der Waals surface area contributed by atoms with E-state index in [0.29, 0.717) is 11.3 Å². The van der Waals surface area contributed by atoms with E-state index in [4.69, 9.17) is 0 Å². The molecule has 1 nitrogen and oxygen atoms in total. The van der Waals surface area contributed by atoms with Crippen LogP contribution in [0.3, 0.4) is 0 Å². The van der Waals surface area contributed by atoms with E-state index in [1.165, 1.54) is 18.2 Å². The Morgan fingerprint density at radius 1 is 1.43 bits per heavy atom. The Bertz CT molecular complexity index is 357. The molecule has 0 aromatic heterocycles. The highest BCUT2D eigenvalue weighted by molar-refractivity contribution is 5.58. The highest BCUT2D eigenvalue weighted by Gasteiger charge is 2.39. The summed E-state index contributed by atoms with van der Waals surface area (Å²) < 4.78 is 38.9. The first kappa shape index (κ1) is 9.37. The zero-order valence-electron chi connectivity index (χ0n) is 7.65. The summed E-state index contributed by atoms with van der Waals surface area (Å²) >= 11 is 0. The lowest BCUT2D eigenvalue weighted by atomic mass is 9.96. The molecule has 1 aliphatic rings. The Kier molecular flexibility index (Phi) is 1.94. The molecule has 2 rings (SSSR count). The molecule has 1 aliphatic heterocycles. The maximum atomic E-state index is 13.1. The summed E-state index contributed by atoms with van der Waals surface area (Å²) in [6, 6.07) is 3.89. The van der Waals surface area contributed by atoms with Crippen LogP contribution < -0.4 is 5.32 Å². The van der Waals surface area contributed by atoms with Crippen molar-refractivity contribution in [3.63, 3.8) is 0 Å². The predicted molar refractivity (Wildman–Crippen MR) is 48.3 cm³/mol. The van der Waals surface area contributed by atoms with Gasteiger partial charge in [0, 0.05) is 19.2 Å². The van der Waals surface area contributed by atoms with Crippen LogP contribution in [-0.2, 0) is 0 Å². The molecule has 0 bridgehead atoms. The van der Waals surface area contributed by atoms with Crippen molar-refractivity contribution in [3.05, 3.63) is 29.6 Å². The molecule has 0 radical (unpaired) electrons. The van der Waals surface area contributed by atoms with Gasteiger partial charge in [-0.2, -0.15) is 0 Å². The summed E-state index contributed by atoms with van der Waals surface area (Å²) in [6.45, 7) is 1.06. The molecule has 1 heterocycles. The fourth-order valence-electron chi connectivity index (χ4n) is 1.76. The number of hydrogen-bond donors (Lipinski definition) is 1. The van der Waals surface area contributed by atoms with Crippen LogP contribution in [-0.4, -0.2) is 12.5 Å². The normalized spacial score (nSPS) is 20.4. The van der Waals surface area contributed by atoms with Crippen molar-refractivity contribution in [1.29, 1.82) is 0 Å². The van der Waals surface area contributed by atoms with Gasteiger partial charge in [-0.15, -0.1) is 0 Å². The lowest BCUT2D eigenvalue weighted by molar-refractivity contribution is -0.00186. The molecule has 14 heavy (non-hydrogen) atoms. The van der Waals surface area contributed by atoms with Crippen molar-refractivity contribution in [2.45, 2.75) is 18.8 Å². The number of halogens is 3. The van der Waals surface area contributed by atoms with E-state index in [0.717, 1.165) is 6.92 Å². The Labute approximate surface area is 79.9 Å². The Hall–Kier alpha value is -1.19. The topological polar surface area (TPSA) is 12.0 Å². The van der Waals surface area contributed by atoms with Gasteiger partial charge in [0.15, 0.2) is 0 Å². The summed E-state index contributed by atoms with van der Waals surface area (Å²) in [7, 11) is 0. The van der Waals surface area contributed by atoms with Crippen molar-refractivity contribution in [1.82, 2.24) is 0 Å². The van der Waals surface area contributed by atoms with Gasteiger partial charge in [0.1, 0.15) is 5.82 Å².